The van der Waals surface area contributed by atoms with Crippen LogP contribution in [0.15, 0.2) is 54.6 Å². The van der Waals surface area contributed by atoms with Crippen molar-refractivity contribution < 1.29 is 9.59 Å². The highest BCUT2D eigenvalue weighted by atomic mass is 35.5. The summed E-state index contributed by atoms with van der Waals surface area (Å²) in [5.74, 6) is -0.206. The van der Waals surface area contributed by atoms with Gasteiger partial charge >= 0.3 is 0 Å². The molecule has 2 aromatic rings. The summed E-state index contributed by atoms with van der Waals surface area (Å²) < 4.78 is 0. The highest BCUT2D eigenvalue weighted by molar-refractivity contribution is 6.30. The lowest BCUT2D eigenvalue weighted by Gasteiger charge is -2.28. The second-order valence-corrected chi connectivity index (χ2v) is 6.54. The van der Waals surface area contributed by atoms with Crippen molar-refractivity contribution in [2.24, 2.45) is 0 Å². The van der Waals surface area contributed by atoms with Gasteiger partial charge in [0.15, 0.2) is 0 Å². The molecule has 2 rings (SSSR count). The first-order valence-electron chi connectivity index (χ1n) is 8.21. The monoisotopic (exact) mass is 358 g/mol. The Labute approximate surface area is 153 Å². The minimum Gasteiger partial charge on any atom is -0.349 e. The molecule has 2 unspecified atom stereocenters. The number of hydrogen-bond donors (Lipinski definition) is 1. The molecule has 0 aliphatic heterocycles. The summed E-state index contributed by atoms with van der Waals surface area (Å²) in [7, 11) is 1.77. The van der Waals surface area contributed by atoms with Gasteiger partial charge in [-0.05, 0) is 30.2 Å². The molecule has 0 heterocycles. The average Bonchev–Trinajstić information content (AvgIpc) is 2.60. The molecule has 0 bridgehead atoms. The highest BCUT2D eigenvalue weighted by Gasteiger charge is 2.23. The quantitative estimate of drug-likeness (QED) is 0.844. The molecule has 4 nitrogen and oxygen atoms in total. The predicted molar refractivity (Wildman–Crippen MR) is 100 cm³/mol. The maximum Gasteiger partial charge on any atom is 0.225 e. The third kappa shape index (κ3) is 5.33. The zero-order valence-corrected chi connectivity index (χ0v) is 15.5. The predicted octanol–water partition coefficient (Wildman–Crippen LogP) is 4.13. The van der Waals surface area contributed by atoms with Crippen molar-refractivity contribution >= 4 is 23.4 Å². The minimum absolute atomic E-state index is 0.0462. The van der Waals surface area contributed by atoms with Crippen LogP contribution in [0.2, 0.25) is 5.02 Å². The molecule has 2 amide bonds. The van der Waals surface area contributed by atoms with Crippen molar-refractivity contribution in [3.8, 4) is 0 Å². The molecule has 0 spiro atoms. The van der Waals surface area contributed by atoms with E-state index >= 15 is 0 Å². The first-order valence-corrected chi connectivity index (χ1v) is 8.59. The van der Waals surface area contributed by atoms with Gasteiger partial charge in [0.25, 0.3) is 0 Å². The Bertz CT molecular complexity index is 733. The zero-order valence-electron chi connectivity index (χ0n) is 14.7. The Morgan fingerprint density at radius 3 is 2.32 bits per heavy atom. The zero-order chi connectivity index (χ0) is 18.4. The molecule has 0 fully saturated rings. The van der Waals surface area contributed by atoms with Gasteiger partial charge in [0.1, 0.15) is 0 Å². The number of hydrogen-bond acceptors (Lipinski definition) is 2. The lowest BCUT2D eigenvalue weighted by atomic mass is 10.0. The van der Waals surface area contributed by atoms with Gasteiger partial charge in [-0.3, -0.25) is 9.59 Å². The van der Waals surface area contributed by atoms with Crippen LogP contribution in [0.3, 0.4) is 0 Å². The molecule has 132 valence electrons. The standard InChI is InChI=1S/C20H23ClN2O2/c1-14(17-10-7-11-18(21)12-17)23(3)20(25)13-19(22-15(2)24)16-8-5-4-6-9-16/h4-12,14,19H,13H2,1-3H3,(H,22,24). The van der Waals surface area contributed by atoms with E-state index in [1.165, 1.54) is 6.92 Å². The number of nitrogens with zero attached hydrogens (tertiary/aromatic N) is 1. The van der Waals surface area contributed by atoms with Gasteiger partial charge in [0.2, 0.25) is 11.8 Å². The fraction of sp³-hybridized carbons (Fsp3) is 0.300. The normalized spacial score (nSPS) is 13.0. The van der Waals surface area contributed by atoms with Crippen molar-refractivity contribution in [1.29, 1.82) is 0 Å². The van der Waals surface area contributed by atoms with E-state index < -0.39 is 0 Å². The molecule has 2 atom stereocenters. The Morgan fingerprint density at radius 2 is 1.72 bits per heavy atom. The summed E-state index contributed by atoms with van der Waals surface area (Å²) >= 11 is 6.04. The van der Waals surface area contributed by atoms with Crippen molar-refractivity contribution in [1.82, 2.24) is 10.2 Å². The lowest BCUT2D eigenvalue weighted by Crippen LogP contribution is -2.35. The Kier molecular flexibility index (Phi) is 6.59. The van der Waals surface area contributed by atoms with Gasteiger partial charge < -0.3 is 10.2 Å². The fourth-order valence-electron chi connectivity index (χ4n) is 2.71. The van der Waals surface area contributed by atoms with E-state index in [1.807, 2.05) is 61.5 Å². The summed E-state index contributed by atoms with van der Waals surface area (Å²) in [5.41, 5.74) is 1.88. The third-order valence-corrected chi connectivity index (χ3v) is 4.50. The summed E-state index contributed by atoms with van der Waals surface area (Å²) in [5, 5.41) is 3.51. The largest absolute Gasteiger partial charge is 0.349 e. The molecule has 0 saturated heterocycles. The van der Waals surface area contributed by atoms with Crippen LogP contribution < -0.4 is 5.32 Å². The van der Waals surface area contributed by atoms with Gasteiger partial charge in [0, 0.05) is 19.0 Å². The van der Waals surface area contributed by atoms with Crippen LogP contribution in [0.1, 0.15) is 43.5 Å². The topological polar surface area (TPSA) is 49.4 Å². The van der Waals surface area contributed by atoms with Crippen LogP contribution in [0.25, 0.3) is 0 Å². The second-order valence-electron chi connectivity index (χ2n) is 6.10. The lowest BCUT2D eigenvalue weighted by molar-refractivity contribution is -0.132. The van der Waals surface area contributed by atoms with Crippen LogP contribution in [0.5, 0.6) is 0 Å². The molecule has 2 aromatic carbocycles. The third-order valence-electron chi connectivity index (χ3n) is 4.26. The molecule has 5 heteroatoms. The highest BCUT2D eigenvalue weighted by Crippen LogP contribution is 2.24. The first-order chi connectivity index (χ1) is 11.9. The van der Waals surface area contributed by atoms with E-state index in [-0.39, 0.29) is 30.3 Å². The van der Waals surface area contributed by atoms with E-state index in [0.29, 0.717) is 5.02 Å². The Hall–Kier alpha value is -2.33. The number of halogens is 1. The SMILES string of the molecule is CC(=O)NC(CC(=O)N(C)C(C)c1cccc(Cl)c1)c1ccccc1. The minimum atomic E-state index is -0.347. The van der Waals surface area contributed by atoms with Crippen LogP contribution in [0, 0.1) is 0 Å². The van der Waals surface area contributed by atoms with Gasteiger partial charge in [0.05, 0.1) is 18.5 Å². The smallest absolute Gasteiger partial charge is 0.225 e. The molecular formula is C20H23ClN2O2. The summed E-state index contributed by atoms with van der Waals surface area (Å²) in [6.45, 7) is 3.41. The number of rotatable bonds is 6. The maximum absolute atomic E-state index is 12.7. The Morgan fingerprint density at radius 1 is 1.08 bits per heavy atom. The number of carbonyl (C=O) groups excluding carboxylic acids is 2. The average molecular weight is 359 g/mol. The van der Waals surface area contributed by atoms with Gasteiger partial charge in [-0.15, -0.1) is 0 Å². The van der Waals surface area contributed by atoms with Crippen LogP contribution in [0.4, 0.5) is 0 Å². The fourth-order valence-corrected chi connectivity index (χ4v) is 2.91. The summed E-state index contributed by atoms with van der Waals surface area (Å²) in [4.78, 5) is 26.0. The molecule has 25 heavy (non-hydrogen) atoms. The van der Waals surface area contributed by atoms with E-state index in [4.69, 9.17) is 11.6 Å². The van der Waals surface area contributed by atoms with Crippen LogP contribution in [-0.2, 0) is 9.59 Å². The van der Waals surface area contributed by atoms with Gasteiger partial charge in [-0.25, -0.2) is 0 Å². The first kappa shape index (κ1) is 19.0. The number of nitrogens with one attached hydrogen (secondary N) is 1. The van der Waals surface area contributed by atoms with Crippen molar-refractivity contribution in [3.05, 3.63) is 70.7 Å². The molecule has 0 aliphatic carbocycles. The molecular weight excluding hydrogens is 336 g/mol. The maximum atomic E-state index is 12.7. The van der Waals surface area contributed by atoms with E-state index in [9.17, 15) is 9.59 Å². The molecule has 0 aromatic heterocycles. The van der Waals surface area contributed by atoms with Gasteiger partial charge in [-0.2, -0.15) is 0 Å². The number of carbonyl (C=O) groups is 2. The van der Waals surface area contributed by atoms with E-state index in [0.717, 1.165) is 11.1 Å². The summed E-state index contributed by atoms with van der Waals surface area (Å²) in [6.07, 6.45) is 0.199. The molecule has 0 radical (unpaired) electrons. The molecule has 1 N–H and O–H groups in total. The van der Waals surface area contributed by atoms with Crippen molar-refractivity contribution in [3.63, 3.8) is 0 Å². The Balaban J connectivity index is 2.12. The van der Waals surface area contributed by atoms with Crippen molar-refractivity contribution in [2.45, 2.75) is 32.4 Å². The second kappa shape index (κ2) is 8.67. The molecule has 0 aliphatic rings. The van der Waals surface area contributed by atoms with E-state index in [1.54, 1.807) is 11.9 Å². The van der Waals surface area contributed by atoms with E-state index in [2.05, 4.69) is 5.32 Å². The molecule has 0 saturated carbocycles. The van der Waals surface area contributed by atoms with Crippen LogP contribution >= 0.6 is 11.6 Å². The van der Waals surface area contributed by atoms with Crippen LogP contribution in [-0.4, -0.2) is 23.8 Å². The summed E-state index contributed by atoms with van der Waals surface area (Å²) in [6, 6.07) is 16.5. The van der Waals surface area contributed by atoms with Gasteiger partial charge in [-0.1, -0.05) is 54.1 Å². The van der Waals surface area contributed by atoms with Crippen molar-refractivity contribution in [2.75, 3.05) is 7.05 Å². The number of amides is 2. The number of benzene rings is 2.